The van der Waals surface area contributed by atoms with E-state index in [1.54, 1.807) is 7.11 Å². The van der Waals surface area contributed by atoms with Crippen LogP contribution < -0.4 is 10.1 Å². The minimum absolute atomic E-state index is 0.691. The largest absolute Gasteiger partial charge is 0.496 e. The molecule has 3 aromatic rings. The summed E-state index contributed by atoms with van der Waals surface area (Å²) in [6, 6.07) is 16.1. The summed E-state index contributed by atoms with van der Waals surface area (Å²) in [5.74, 6) is 0.879. The van der Waals surface area contributed by atoms with E-state index in [-0.39, 0.29) is 0 Å². The van der Waals surface area contributed by atoms with Crippen LogP contribution >= 0.6 is 15.9 Å². The summed E-state index contributed by atoms with van der Waals surface area (Å²) in [6.45, 7) is 0.691. The van der Waals surface area contributed by atoms with Crippen LogP contribution in [-0.4, -0.2) is 12.1 Å². The number of pyridine rings is 1. The lowest BCUT2D eigenvalue weighted by molar-refractivity contribution is 0.410. The predicted octanol–water partition coefficient (Wildman–Crippen LogP) is 4.62. The number of hydrogen-bond acceptors (Lipinski definition) is 3. The molecule has 0 aliphatic heterocycles. The number of rotatable bonds is 4. The Bertz CT molecular complexity index is 768. The summed E-state index contributed by atoms with van der Waals surface area (Å²) in [4.78, 5) is 4.37. The van der Waals surface area contributed by atoms with Gasteiger partial charge in [0.25, 0.3) is 0 Å². The molecule has 0 saturated heterocycles. The molecule has 3 nitrogen and oxygen atoms in total. The molecule has 21 heavy (non-hydrogen) atoms. The van der Waals surface area contributed by atoms with Crippen molar-refractivity contribution in [2.75, 3.05) is 12.4 Å². The molecule has 0 atom stereocenters. The quantitative estimate of drug-likeness (QED) is 0.751. The molecular formula is C17H15BrN2O. The maximum absolute atomic E-state index is 5.40. The first-order valence-corrected chi connectivity index (χ1v) is 7.47. The second-order valence-corrected chi connectivity index (χ2v) is 5.60. The summed E-state index contributed by atoms with van der Waals surface area (Å²) in [7, 11) is 1.69. The van der Waals surface area contributed by atoms with E-state index in [1.807, 2.05) is 36.5 Å². The zero-order valence-electron chi connectivity index (χ0n) is 11.6. The molecule has 0 radical (unpaired) electrons. The maximum atomic E-state index is 5.40. The van der Waals surface area contributed by atoms with E-state index in [1.165, 1.54) is 0 Å². The van der Waals surface area contributed by atoms with E-state index >= 15 is 0 Å². The third-order valence-electron chi connectivity index (χ3n) is 3.36. The van der Waals surface area contributed by atoms with E-state index in [2.05, 4.69) is 44.4 Å². The number of halogens is 1. The Hall–Kier alpha value is -2.07. The number of aromatic nitrogens is 1. The van der Waals surface area contributed by atoms with Gasteiger partial charge in [0.1, 0.15) is 5.75 Å². The van der Waals surface area contributed by atoms with Crippen LogP contribution in [0.25, 0.3) is 10.9 Å². The molecule has 0 bridgehead atoms. The van der Waals surface area contributed by atoms with E-state index in [0.717, 1.165) is 32.4 Å². The van der Waals surface area contributed by atoms with Gasteiger partial charge in [-0.2, -0.15) is 0 Å². The first kappa shape index (κ1) is 13.9. The fraction of sp³-hybridized carbons (Fsp3) is 0.118. The number of anilines is 1. The highest BCUT2D eigenvalue weighted by atomic mass is 79.9. The van der Waals surface area contributed by atoms with Crippen LogP contribution in [0.3, 0.4) is 0 Å². The van der Waals surface area contributed by atoms with Crippen molar-refractivity contribution in [3.63, 3.8) is 0 Å². The third-order valence-corrected chi connectivity index (χ3v) is 3.85. The monoisotopic (exact) mass is 342 g/mol. The fourth-order valence-electron chi connectivity index (χ4n) is 2.33. The Morgan fingerprint density at radius 3 is 2.90 bits per heavy atom. The van der Waals surface area contributed by atoms with Crippen LogP contribution in [0.4, 0.5) is 5.69 Å². The van der Waals surface area contributed by atoms with Crippen LogP contribution in [0, 0.1) is 0 Å². The molecule has 1 aromatic heterocycles. The number of fused-ring (bicyclic) bond motifs is 1. The van der Waals surface area contributed by atoms with Crippen molar-refractivity contribution < 1.29 is 4.74 Å². The Kier molecular flexibility index (Phi) is 4.06. The standard InChI is InChI=1S/C17H15BrN2O/c1-21-17-8-7-13(18)10-12(17)11-20-16-6-2-5-15-14(16)4-3-9-19-15/h2-10,20H,11H2,1H3. The number of methoxy groups -OCH3 is 1. The lowest BCUT2D eigenvalue weighted by Gasteiger charge is -2.12. The van der Waals surface area contributed by atoms with Gasteiger partial charge in [-0.1, -0.05) is 22.0 Å². The van der Waals surface area contributed by atoms with E-state index < -0.39 is 0 Å². The average Bonchev–Trinajstić information content (AvgIpc) is 2.53. The normalized spacial score (nSPS) is 10.6. The summed E-state index contributed by atoms with van der Waals surface area (Å²) in [5.41, 5.74) is 3.17. The number of nitrogens with zero attached hydrogens (tertiary/aromatic N) is 1. The minimum Gasteiger partial charge on any atom is -0.496 e. The Morgan fingerprint density at radius 2 is 2.05 bits per heavy atom. The van der Waals surface area contributed by atoms with Crippen LogP contribution in [0.2, 0.25) is 0 Å². The molecule has 2 aromatic carbocycles. The van der Waals surface area contributed by atoms with Crippen LogP contribution in [0.5, 0.6) is 5.75 Å². The second-order valence-electron chi connectivity index (χ2n) is 4.69. The SMILES string of the molecule is COc1ccc(Br)cc1CNc1cccc2ncccc12. The molecule has 0 amide bonds. The van der Waals surface area contributed by atoms with Crippen molar-refractivity contribution in [2.24, 2.45) is 0 Å². The topological polar surface area (TPSA) is 34.1 Å². The molecule has 1 N–H and O–H groups in total. The second kappa shape index (κ2) is 6.14. The van der Waals surface area contributed by atoms with Gasteiger partial charge in [-0.05, 0) is 42.5 Å². The summed E-state index contributed by atoms with van der Waals surface area (Å²) >= 11 is 3.50. The summed E-state index contributed by atoms with van der Waals surface area (Å²) in [6.07, 6.45) is 1.81. The fourth-order valence-corrected chi connectivity index (χ4v) is 2.74. The number of hydrogen-bond donors (Lipinski definition) is 1. The smallest absolute Gasteiger partial charge is 0.123 e. The Morgan fingerprint density at radius 1 is 1.14 bits per heavy atom. The van der Waals surface area contributed by atoms with Crippen molar-refractivity contribution in [1.29, 1.82) is 0 Å². The zero-order valence-corrected chi connectivity index (χ0v) is 13.2. The van der Waals surface area contributed by atoms with E-state index in [9.17, 15) is 0 Å². The molecule has 0 aliphatic rings. The van der Waals surface area contributed by atoms with Crippen LogP contribution in [0.1, 0.15) is 5.56 Å². The molecule has 0 unspecified atom stereocenters. The Labute approximate surface area is 132 Å². The van der Waals surface area contributed by atoms with Gasteiger partial charge >= 0.3 is 0 Å². The van der Waals surface area contributed by atoms with Gasteiger partial charge < -0.3 is 10.1 Å². The summed E-state index contributed by atoms with van der Waals surface area (Å²) < 4.78 is 6.44. The molecule has 1 heterocycles. The molecule has 106 valence electrons. The van der Waals surface area contributed by atoms with Crippen molar-refractivity contribution in [3.8, 4) is 5.75 Å². The highest BCUT2D eigenvalue weighted by Crippen LogP contribution is 2.26. The van der Waals surface area contributed by atoms with Crippen molar-refractivity contribution in [2.45, 2.75) is 6.54 Å². The van der Waals surface area contributed by atoms with Crippen LogP contribution in [0.15, 0.2) is 59.2 Å². The Balaban J connectivity index is 1.89. The maximum Gasteiger partial charge on any atom is 0.123 e. The van der Waals surface area contributed by atoms with Crippen molar-refractivity contribution >= 4 is 32.5 Å². The highest BCUT2D eigenvalue weighted by molar-refractivity contribution is 9.10. The molecule has 4 heteroatoms. The molecule has 0 aliphatic carbocycles. The van der Waals surface area contributed by atoms with Gasteiger partial charge in [0, 0.05) is 33.9 Å². The van der Waals surface area contributed by atoms with E-state index in [4.69, 9.17) is 4.74 Å². The van der Waals surface area contributed by atoms with Gasteiger partial charge in [-0.3, -0.25) is 4.98 Å². The van der Waals surface area contributed by atoms with E-state index in [0.29, 0.717) is 6.54 Å². The lowest BCUT2D eigenvalue weighted by Crippen LogP contribution is -2.02. The van der Waals surface area contributed by atoms with Crippen molar-refractivity contribution in [3.05, 3.63) is 64.8 Å². The molecular weight excluding hydrogens is 328 g/mol. The predicted molar refractivity (Wildman–Crippen MR) is 89.8 cm³/mol. The third kappa shape index (κ3) is 3.00. The van der Waals surface area contributed by atoms with Gasteiger partial charge in [-0.15, -0.1) is 0 Å². The molecule has 0 fully saturated rings. The molecule has 0 spiro atoms. The van der Waals surface area contributed by atoms with Gasteiger partial charge in [0.2, 0.25) is 0 Å². The average molecular weight is 343 g/mol. The first-order chi connectivity index (χ1) is 10.3. The summed E-state index contributed by atoms with van der Waals surface area (Å²) in [5, 5.41) is 4.58. The number of nitrogens with one attached hydrogen (secondary N) is 1. The number of ether oxygens (including phenoxy) is 1. The van der Waals surface area contributed by atoms with Gasteiger partial charge in [0.15, 0.2) is 0 Å². The molecule has 3 rings (SSSR count). The first-order valence-electron chi connectivity index (χ1n) is 6.68. The minimum atomic E-state index is 0.691. The van der Waals surface area contributed by atoms with Crippen LogP contribution in [-0.2, 0) is 6.54 Å². The van der Waals surface area contributed by atoms with Gasteiger partial charge in [-0.25, -0.2) is 0 Å². The zero-order chi connectivity index (χ0) is 14.7. The highest BCUT2D eigenvalue weighted by Gasteiger charge is 2.05. The van der Waals surface area contributed by atoms with Gasteiger partial charge in [0.05, 0.1) is 12.6 Å². The number of benzene rings is 2. The lowest BCUT2D eigenvalue weighted by atomic mass is 10.1. The molecule has 0 saturated carbocycles. The van der Waals surface area contributed by atoms with Crippen molar-refractivity contribution in [1.82, 2.24) is 4.98 Å².